The first-order valence-electron chi connectivity index (χ1n) is 9.97. The van der Waals surface area contributed by atoms with Crippen LogP contribution in [-0.2, 0) is 12.0 Å². The number of hydrogen-bond acceptors (Lipinski definition) is 6. The summed E-state index contributed by atoms with van der Waals surface area (Å²) < 4.78 is 12.7. The van der Waals surface area contributed by atoms with E-state index in [0.717, 1.165) is 6.42 Å². The van der Waals surface area contributed by atoms with Crippen LogP contribution in [0, 0.1) is 0 Å². The number of aromatic nitrogens is 2. The van der Waals surface area contributed by atoms with Gasteiger partial charge >= 0.3 is 0 Å². The zero-order valence-electron chi connectivity index (χ0n) is 18.1. The van der Waals surface area contributed by atoms with Gasteiger partial charge in [0, 0.05) is 12.0 Å². The van der Waals surface area contributed by atoms with E-state index in [4.69, 9.17) is 21.1 Å². The maximum Gasteiger partial charge on any atom is 0.289 e. The monoisotopic (exact) mass is 436 g/mol. The largest absolute Gasteiger partial charge is 0.507 e. The van der Waals surface area contributed by atoms with Crippen LogP contribution < -0.4 is 15.0 Å². The zero-order valence-corrected chi connectivity index (χ0v) is 18.9. The van der Waals surface area contributed by atoms with Crippen LogP contribution in [0.1, 0.15) is 63.4 Å². The van der Waals surface area contributed by atoms with Crippen molar-refractivity contribution < 1.29 is 19.4 Å². The fourth-order valence-electron chi connectivity index (χ4n) is 2.95. The van der Waals surface area contributed by atoms with Crippen LogP contribution in [0.25, 0.3) is 0 Å². The molecule has 1 aromatic carbocycles. The quantitative estimate of drug-likeness (QED) is 0.464. The van der Waals surface area contributed by atoms with Crippen LogP contribution in [0.15, 0.2) is 23.1 Å². The Kier molecular flexibility index (Phi) is 7.89. The molecule has 30 heavy (non-hydrogen) atoms. The Morgan fingerprint density at radius 2 is 1.83 bits per heavy atom. The number of hydrogen-bond donors (Lipinski definition) is 1. The number of ketones is 1. The van der Waals surface area contributed by atoms with E-state index in [2.05, 4.69) is 5.10 Å². The average Bonchev–Trinajstić information content (AvgIpc) is 2.66. The van der Waals surface area contributed by atoms with Crippen molar-refractivity contribution in [2.45, 2.75) is 59.4 Å². The number of nitrogens with zero attached hydrogens (tertiary/aromatic N) is 2. The van der Waals surface area contributed by atoms with Crippen LogP contribution in [0.2, 0.25) is 5.02 Å². The van der Waals surface area contributed by atoms with Crippen molar-refractivity contribution in [3.05, 3.63) is 44.8 Å². The summed E-state index contributed by atoms with van der Waals surface area (Å²) in [5.41, 5.74) is 0.0425. The molecule has 0 radical (unpaired) electrons. The highest BCUT2D eigenvalue weighted by Gasteiger charge is 2.20. The molecular formula is C22H29ClN2O5. The number of phenolic OH excluding ortho intramolecular Hbond substituents is 1. The fraction of sp³-hybridized carbons (Fsp3) is 0.500. The molecule has 0 aliphatic carbocycles. The lowest BCUT2D eigenvalue weighted by Gasteiger charge is -2.21. The van der Waals surface area contributed by atoms with Crippen LogP contribution >= 0.6 is 11.6 Å². The number of benzene rings is 1. The highest BCUT2D eigenvalue weighted by atomic mass is 35.5. The first-order chi connectivity index (χ1) is 14.1. The number of carbonyl (C=O) groups is 1. The van der Waals surface area contributed by atoms with Crippen molar-refractivity contribution in [1.82, 2.24) is 9.78 Å². The van der Waals surface area contributed by atoms with E-state index in [1.54, 1.807) is 12.1 Å². The third kappa shape index (κ3) is 5.53. The Labute approximate surface area is 181 Å². The maximum atomic E-state index is 12.3. The Bertz CT molecular complexity index is 963. The summed E-state index contributed by atoms with van der Waals surface area (Å²) in [6.45, 7) is 9.61. The lowest BCUT2D eigenvalue weighted by atomic mass is 10.0. The lowest BCUT2D eigenvalue weighted by molar-refractivity contribution is 0.101. The number of carbonyl (C=O) groups excluding carboxylic acids is 1. The molecule has 1 heterocycles. The molecule has 0 saturated heterocycles. The summed E-state index contributed by atoms with van der Waals surface area (Å²) in [4.78, 5) is 24.0. The molecule has 0 unspecified atom stereocenters. The number of ether oxygens (including phenoxy) is 2. The Morgan fingerprint density at radius 3 is 2.40 bits per heavy atom. The minimum absolute atomic E-state index is 0.00387. The molecule has 0 bridgehead atoms. The minimum atomic E-state index is -0.479. The third-order valence-corrected chi connectivity index (χ3v) is 4.79. The molecule has 0 spiro atoms. The van der Waals surface area contributed by atoms with Crippen LogP contribution in [0.3, 0.4) is 0 Å². The maximum absolute atomic E-state index is 12.3. The van der Waals surface area contributed by atoms with Gasteiger partial charge in [-0.3, -0.25) is 9.59 Å². The van der Waals surface area contributed by atoms with E-state index >= 15 is 0 Å². The SMILES string of the molecule is CCCc1c(OCCCOc2cnn(C(C)(C)C)c(=O)c2Cl)ccc(C(C)=O)c1O. The van der Waals surface area contributed by atoms with Crippen molar-refractivity contribution in [3.63, 3.8) is 0 Å². The van der Waals surface area contributed by atoms with Crippen molar-refractivity contribution in [1.29, 1.82) is 0 Å². The molecule has 0 amide bonds. The number of halogens is 1. The van der Waals surface area contributed by atoms with Gasteiger partial charge in [-0.25, -0.2) is 4.68 Å². The molecule has 0 saturated carbocycles. The molecule has 7 nitrogen and oxygen atoms in total. The summed E-state index contributed by atoms with van der Waals surface area (Å²) >= 11 is 6.14. The van der Waals surface area contributed by atoms with E-state index in [-0.39, 0.29) is 28.9 Å². The molecule has 8 heteroatoms. The molecule has 164 valence electrons. The molecule has 1 N–H and O–H groups in total. The summed E-state index contributed by atoms with van der Waals surface area (Å²) in [6.07, 6.45) is 3.37. The Morgan fingerprint density at radius 1 is 1.20 bits per heavy atom. The molecule has 0 aliphatic rings. The topological polar surface area (TPSA) is 90.7 Å². The van der Waals surface area contributed by atoms with E-state index in [0.29, 0.717) is 36.3 Å². The van der Waals surface area contributed by atoms with E-state index in [1.165, 1.54) is 17.8 Å². The standard InChI is InChI=1S/C22H29ClN2O5/c1-6-8-16-17(10-9-15(14(2)26)20(16)27)29-11-7-12-30-18-13-24-25(22(3,4)5)21(28)19(18)23/h9-10,13,27H,6-8,11-12H2,1-5H3. The van der Waals surface area contributed by atoms with Crippen LogP contribution in [-0.4, -0.2) is 33.9 Å². The van der Waals surface area contributed by atoms with E-state index in [9.17, 15) is 14.7 Å². The van der Waals surface area contributed by atoms with Crippen LogP contribution in [0.5, 0.6) is 17.2 Å². The summed E-state index contributed by atoms with van der Waals surface area (Å²) in [5.74, 6) is 0.572. The van der Waals surface area contributed by atoms with Gasteiger partial charge in [-0.1, -0.05) is 24.9 Å². The van der Waals surface area contributed by atoms with Gasteiger partial charge in [-0.15, -0.1) is 0 Å². The second-order valence-corrected chi connectivity index (χ2v) is 8.38. The highest BCUT2D eigenvalue weighted by Crippen LogP contribution is 2.33. The predicted octanol–water partition coefficient (Wildman–Crippen LogP) is 4.36. The van der Waals surface area contributed by atoms with E-state index < -0.39 is 11.1 Å². The lowest BCUT2D eigenvalue weighted by Crippen LogP contribution is -2.36. The smallest absolute Gasteiger partial charge is 0.289 e. The molecule has 2 aromatic rings. The van der Waals surface area contributed by atoms with E-state index in [1.807, 2.05) is 27.7 Å². The van der Waals surface area contributed by atoms with Crippen molar-refractivity contribution in [3.8, 4) is 17.2 Å². The van der Waals surface area contributed by atoms with Gasteiger partial charge in [0.2, 0.25) is 0 Å². The molecular weight excluding hydrogens is 408 g/mol. The first-order valence-corrected chi connectivity index (χ1v) is 10.3. The Hall–Kier alpha value is -2.54. The fourth-order valence-corrected chi connectivity index (χ4v) is 3.13. The Balaban J connectivity index is 1.98. The van der Waals surface area contributed by atoms with Gasteiger partial charge in [0.05, 0.1) is 30.5 Å². The second kappa shape index (κ2) is 9.98. The number of aromatic hydroxyl groups is 1. The van der Waals surface area contributed by atoms with Gasteiger partial charge in [-0.2, -0.15) is 5.10 Å². The van der Waals surface area contributed by atoms with Gasteiger partial charge in [0.1, 0.15) is 11.5 Å². The van der Waals surface area contributed by atoms with Crippen molar-refractivity contribution in [2.24, 2.45) is 0 Å². The highest BCUT2D eigenvalue weighted by molar-refractivity contribution is 6.31. The molecule has 2 rings (SSSR count). The second-order valence-electron chi connectivity index (χ2n) is 8.01. The van der Waals surface area contributed by atoms with Gasteiger partial charge in [0.15, 0.2) is 16.6 Å². The summed E-state index contributed by atoms with van der Waals surface area (Å²) in [5, 5.41) is 14.5. The summed E-state index contributed by atoms with van der Waals surface area (Å²) in [7, 11) is 0. The minimum Gasteiger partial charge on any atom is -0.507 e. The average molecular weight is 437 g/mol. The number of rotatable bonds is 9. The molecule has 1 aromatic heterocycles. The molecule has 0 atom stereocenters. The molecule has 0 fully saturated rings. The van der Waals surface area contributed by atoms with Crippen LogP contribution in [0.4, 0.5) is 0 Å². The van der Waals surface area contributed by atoms with Gasteiger partial charge in [-0.05, 0) is 46.2 Å². The predicted molar refractivity (Wildman–Crippen MR) is 116 cm³/mol. The van der Waals surface area contributed by atoms with Gasteiger partial charge in [0.25, 0.3) is 5.56 Å². The first kappa shape index (κ1) is 23.7. The molecule has 0 aliphatic heterocycles. The van der Waals surface area contributed by atoms with Crippen molar-refractivity contribution in [2.75, 3.05) is 13.2 Å². The third-order valence-electron chi connectivity index (χ3n) is 4.45. The van der Waals surface area contributed by atoms with Crippen molar-refractivity contribution >= 4 is 17.4 Å². The summed E-state index contributed by atoms with van der Waals surface area (Å²) in [6, 6.07) is 3.27. The normalized spacial score (nSPS) is 11.4. The number of phenols is 1. The van der Waals surface area contributed by atoms with Gasteiger partial charge < -0.3 is 14.6 Å². The number of Topliss-reactive ketones (excluding diaryl/α,β-unsaturated/α-hetero) is 1. The zero-order chi connectivity index (χ0) is 22.5.